The van der Waals surface area contributed by atoms with Crippen molar-refractivity contribution in [1.29, 1.82) is 0 Å². The minimum Gasteiger partial charge on any atom is -0.310 e. The number of fused-ring (bicyclic) bond motifs is 1. The van der Waals surface area contributed by atoms with Crippen LogP contribution in [-0.2, 0) is 0 Å². The van der Waals surface area contributed by atoms with E-state index >= 15 is 0 Å². The van der Waals surface area contributed by atoms with Crippen molar-refractivity contribution in [2.24, 2.45) is 5.92 Å². The molecule has 1 N–H and O–H groups in total. The van der Waals surface area contributed by atoms with Crippen LogP contribution in [0.5, 0.6) is 0 Å². The standard InChI is InChI=1S/C15H19ClN2/c1-10-7-13(9-18-15(10)16)12-5-4-11-3-2-6-17-14(11)8-12/h7-9,11,14,17H,2-6H2,1H3/t11-,14+/m0/s1. The van der Waals surface area contributed by atoms with Gasteiger partial charge in [0.2, 0.25) is 0 Å². The third-order valence-corrected chi connectivity index (χ3v) is 4.59. The Morgan fingerprint density at radius 3 is 3.11 bits per heavy atom. The van der Waals surface area contributed by atoms with Crippen molar-refractivity contribution < 1.29 is 0 Å². The Balaban J connectivity index is 1.87. The Bertz CT molecular complexity index is 481. The van der Waals surface area contributed by atoms with Crippen molar-refractivity contribution in [2.45, 2.75) is 38.6 Å². The van der Waals surface area contributed by atoms with Crippen LogP contribution in [0.3, 0.4) is 0 Å². The van der Waals surface area contributed by atoms with Gasteiger partial charge in [0.15, 0.2) is 0 Å². The summed E-state index contributed by atoms with van der Waals surface area (Å²) in [4.78, 5) is 4.26. The van der Waals surface area contributed by atoms with Crippen LogP contribution >= 0.6 is 11.6 Å². The molecule has 96 valence electrons. The first-order chi connectivity index (χ1) is 8.74. The maximum atomic E-state index is 5.99. The molecule has 1 aliphatic heterocycles. The average Bonchev–Trinajstić information content (AvgIpc) is 2.41. The lowest BCUT2D eigenvalue weighted by Gasteiger charge is -2.35. The number of piperidine rings is 1. The van der Waals surface area contributed by atoms with Crippen LogP contribution in [0.2, 0.25) is 5.15 Å². The number of nitrogens with zero attached hydrogens (tertiary/aromatic N) is 1. The molecule has 1 aliphatic carbocycles. The first-order valence-electron chi connectivity index (χ1n) is 6.80. The smallest absolute Gasteiger partial charge is 0.131 e. The van der Waals surface area contributed by atoms with E-state index in [0.717, 1.165) is 18.0 Å². The van der Waals surface area contributed by atoms with E-state index in [0.29, 0.717) is 11.2 Å². The summed E-state index contributed by atoms with van der Waals surface area (Å²) in [6.45, 7) is 3.17. The fraction of sp³-hybridized carbons (Fsp3) is 0.533. The summed E-state index contributed by atoms with van der Waals surface area (Å²) in [7, 11) is 0. The SMILES string of the molecule is Cc1cc(C2=C[C@H]3NCCC[C@H]3CC2)cnc1Cl. The largest absolute Gasteiger partial charge is 0.310 e. The maximum absolute atomic E-state index is 5.99. The highest BCUT2D eigenvalue weighted by Gasteiger charge is 2.27. The number of aryl methyl sites for hydroxylation is 1. The Morgan fingerprint density at radius 2 is 2.28 bits per heavy atom. The molecule has 0 aromatic carbocycles. The molecule has 0 amide bonds. The van der Waals surface area contributed by atoms with E-state index in [2.05, 4.69) is 22.4 Å². The second kappa shape index (κ2) is 5.02. The fourth-order valence-electron chi connectivity index (χ4n) is 3.11. The molecule has 0 bridgehead atoms. The van der Waals surface area contributed by atoms with Crippen LogP contribution in [0.25, 0.3) is 5.57 Å². The first-order valence-corrected chi connectivity index (χ1v) is 7.18. The molecule has 0 unspecified atom stereocenters. The van der Waals surface area contributed by atoms with E-state index in [-0.39, 0.29) is 0 Å². The number of halogens is 1. The van der Waals surface area contributed by atoms with Gasteiger partial charge < -0.3 is 5.32 Å². The summed E-state index contributed by atoms with van der Waals surface area (Å²) in [5, 5.41) is 4.24. The summed E-state index contributed by atoms with van der Waals surface area (Å²) >= 11 is 5.99. The van der Waals surface area contributed by atoms with E-state index < -0.39 is 0 Å². The number of nitrogens with one attached hydrogen (secondary N) is 1. The molecule has 2 atom stereocenters. The molecule has 3 rings (SSSR count). The van der Waals surface area contributed by atoms with Crippen LogP contribution in [-0.4, -0.2) is 17.6 Å². The highest BCUT2D eigenvalue weighted by molar-refractivity contribution is 6.30. The normalized spacial score (nSPS) is 27.6. The summed E-state index contributed by atoms with van der Waals surface area (Å²) < 4.78 is 0. The Hall–Kier alpha value is -0.860. The van der Waals surface area contributed by atoms with Gasteiger partial charge in [0.05, 0.1) is 0 Å². The highest BCUT2D eigenvalue weighted by Crippen LogP contribution is 2.34. The number of allylic oxidation sites excluding steroid dienone is 1. The molecule has 1 aromatic rings. The van der Waals surface area contributed by atoms with Gasteiger partial charge in [0.1, 0.15) is 5.15 Å². The third-order valence-electron chi connectivity index (χ3n) is 4.19. The van der Waals surface area contributed by atoms with Crippen LogP contribution in [0.4, 0.5) is 0 Å². The zero-order chi connectivity index (χ0) is 12.5. The Labute approximate surface area is 113 Å². The zero-order valence-corrected chi connectivity index (χ0v) is 11.5. The molecule has 1 saturated heterocycles. The third kappa shape index (κ3) is 2.32. The van der Waals surface area contributed by atoms with Crippen molar-refractivity contribution in [3.8, 4) is 0 Å². The van der Waals surface area contributed by atoms with Crippen molar-refractivity contribution in [3.63, 3.8) is 0 Å². The number of hydrogen-bond donors (Lipinski definition) is 1. The van der Waals surface area contributed by atoms with Crippen LogP contribution < -0.4 is 5.32 Å². The van der Waals surface area contributed by atoms with E-state index in [1.807, 2.05) is 13.1 Å². The zero-order valence-electron chi connectivity index (χ0n) is 10.7. The van der Waals surface area contributed by atoms with Crippen LogP contribution in [0, 0.1) is 12.8 Å². The van der Waals surface area contributed by atoms with Gasteiger partial charge in [-0.1, -0.05) is 17.7 Å². The Kier molecular flexibility index (Phi) is 3.40. The van der Waals surface area contributed by atoms with E-state index in [1.165, 1.54) is 36.8 Å². The van der Waals surface area contributed by atoms with Crippen LogP contribution in [0.15, 0.2) is 18.3 Å². The lowest BCUT2D eigenvalue weighted by molar-refractivity contribution is 0.298. The molecule has 2 nitrogen and oxygen atoms in total. The monoisotopic (exact) mass is 262 g/mol. The van der Waals surface area contributed by atoms with Crippen molar-refractivity contribution in [2.75, 3.05) is 6.54 Å². The molecule has 1 aromatic heterocycles. The van der Waals surface area contributed by atoms with Gasteiger partial charge in [-0.15, -0.1) is 0 Å². The number of hydrogen-bond acceptors (Lipinski definition) is 2. The van der Waals surface area contributed by atoms with Gasteiger partial charge in [-0.25, -0.2) is 4.98 Å². The highest BCUT2D eigenvalue weighted by atomic mass is 35.5. The molecule has 1 fully saturated rings. The summed E-state index contributed by atoms with van der Waals surface area (Å²) in [6, 6.07) is 2.73. The predicted octanol–water partition coefficient (Wildman–Crippen LogP) is 3.59. The molecule has 0 spiro atoms. The maximum Gasteiger partial charge on any atom is 0.131 e. The van der Waals surface area contributed by atoms with Gasteiger partial charge in [-0.3, -0.25) is 0 Å². The summed E-state index contributed by atoms with van der Waals surface area (Å²) in [5.74, 6) is 0.837. The van der Waals surface area contributed by atoms with Crippen molar-refractivity contribution in [3.05, 3.63) is 34.6 Å². The van der Waals surface area contributed by atoms with Crippen molar-refractivity contribution in [1.82, 2.24) is 10.3 Å². The topological polar surface area (TPSA) is 24.9 Å². The fourth-order valence-corrected chi connectivity index (χ4v) is 3.22. The predicted molar refractivity (Wildman–Crippen MR) is 75.7 cm³/mol. The lowest BCUT2D eigenvalue weighted by atomic mass is 9.79. The lowest BCUT2D eigenvalue weighted by Crippen LogP contribution is -2.41. The minimum absolute atomic E-state index is 0.568. The molecule has 3 heteroatoms. The molecular weight excluding hydrogens is 244 g/mol. The van der Waals surface area contributed by atoms with E-state index in [4.69, 9.17) is 11.6 Å². The molecule has 0 radical (unpaired) electrons. The molecule has 2 aliphatic rings. The number of rotatable bonds is 1. The average molecular weight is 263 g/mol. The molecule has 2 heterocycles. The van der Waals surface area contributed by atoms with E-state index in [9.17, 15) is 0 Å². The second-order valence-electron chi connectivity index (χ2n) is 5.44. The Morgan fingerprint density at radius 1 is 1.39 bits per heavy atom. The first kappa shape index (κ1) is 12.2. The second-order valence-corrected chi connectivity index (χ2v) is 5.80. The van der Waals surface area contributed by atoms with Gasteiger partial charge >= 0.3 is 0 Å². The molecule has 0 saturated carbocycles. The summed E-state index contributed by atoms with van der Waals surface area (Å²) in [6.07, 6.45) is 9.49. The van der Waals surface area contributed by atoms with E-state index in [1.54, 1.807) is 0 Å². The van der Waals surface area contributed by atoms with Crippen molar-refractivity contribution >= 4 is 17.2 Å². The summed E-state index contributed by atoms with van der Waals surface area (Å²) in [5.41, 5.74) is 3.73. The molecular formula is C15H19ClN2. The van der Waals surface area contributed by atoms with Gasteiger partial charge in [-0.05, 0) is 67.8 Å². The molecule has 18 heavy (non-hydrogen) atoms. The van der Waals surface area contributed by atoms with Crippen LogP contribution in [0.1, 0.15) is 36.8 Å². The van der Waals surface area contributed by atoms with Gasteiger partial charge in [0.25, 0.3) is 0 Å². The minimum atomic E-state index is 0.568. The van der Waals surface area contributed by atoms with Gasteiger partial charge in [-0.2, -0.15) is 0 Å². The quantitative estimate of drug-likeness (QED) is 0.783. The van der Waals surface area contributed by atoms with Gasteiger partial charge in [0, 0.05) is 12.2 Å². The number of pyridine rings is 1. The number of aromatic nitrogens is 1.